The molecule has 0 radical (unpaired) electrons. The average molecular weight is 392 g/mol. The number of nitrogens with zero attached hydrogens (tertiary/aromatic N) is 1. The van der Waals surface area contributed by atoms with Crippen molar-refractivity contribution < 1.29 is 14.6 Å². The minimum atomic E-state index is 0.0185. The number of amides is 1. The van der Waals surface area contributed by atoms with Gasteiger partial charge in [0.25, 0.3) is 5.91 Å². The maximum Gasteiger partial charge on any atom is 0.285 e. The Balaban J connectivity index is 1.30. The van der Waals surface area contributed by atoms with E-state index < -0.39 is 0 Å². The number of anilines is 1. The van der Waals surface area contributed by atoms with Gasteiger partial charge in [0.05, 0.1) is 6.54 Å². The van der Waals surface area contributed by atoms with Crippen molar-refractivity contribution >= 4 is 17.7 Å². The second kappa shape index (κ2) is 8.93. The number of carbonyl (C=O) groups is 1. The van der Waals surface area contributed by atoms with Crippen molar-refractivity contribution in [2.75, 3.05) is 37.6 Å². The van der Waals surface area contributed by atoms with E-state index in [-0.39, 0.29) is 18.0 Å². The molecule has 29 heavy (non-hydrogen) atoms. The summed E-state index contributed by atoms with van der Waals surface area (Å²) in [6.07, 6.45) is 5.47. The van der Waals surface area contributed by atoms with E-state index in [0.717, 1.165) is 44.8 Å². The highest BCUT2D eigenvalue weighted by molar-refractivity contribution is 5.98. The van der Waals surface area contributed by atoms with Crippen LogP contribution in [0.5, 0.6) is 0 Å². The van der Waals surface area contributed by atoms with Crippen molar-refractivity contribution in [3.8, 4) is 0 Å². The average Bonchev–Trinajstić information content (AvgIpc) is 3.09. The highest BCUT2D eigenvalue weighted by Crippen LogP contribution is 2.32. The zero-order valence-corrected chi connectivity index (χ0v) is 17.6. The van der Waals surface area contributed by atoms with Crippen LogP contribution in [-0.2, 0) is 11.2 Å². The van der Waals surface area contributed by atoms with Crippen molar-refractivity contribution in [2.45, 2.75) is 32.4 Å². The van der Waals surface area contributed by atoms with Crippen LogP contribution in [0.25, 0.3) is 6.08 Å². The number of carbonyl (C=O) groups excluding carboxylic acids is 1. The fraction of sp³-hybridized carbons (Fsp3) is 0.400. The standard InChI is InChI=1S/C25H31N3O/c1-20-19-23-12-6-7-13-24(23)28(20)25(29)21(2)27-17-15-26(16-18-27)14-8-11-22-9-4-3-5-10-22/h3-13,20-21H,14-19H2,1-2H3/p+2/b11-8+/t20-,21-/m0/s1. The number of hydrogen-bond acceptors (Lipinski definition) is 1. The number of rotatable bonds is 5. The number of quaternary nitrogens is 2. The third kappa shape index (κ3) is 4.44. The summed E-state index contributed by atoms with van der Waals surface area (Å²) in [5.41, 5.74) is 3.68. The summed E-state index contributed by atoms with van der Waals surface area (Å²) in [4.78, 5) is 18.4. The van der Waals surface area contributed by atoms with E-state index in [2.05, 4.69) is 79.4 Å². The molecule has 0 saturated carbocycles. The summed E-state index contributed by atoms with van der Waals surface area (Å²) in [6.45, 7) is 9.71. The first-order valence-electron chi connectivity index (χ1n) is 10.9. The maximum absolute atomic E-state index is 13.3. The Bertz CT molecular complexity index is 855. The maximum atomic E-state index is 13.3. The molecule has 152 valence electrons. The van der Waals surface area contributed by atoms with E-state index in [1.165, 1.54) is 16.0 Å². The van der Waals surface area contributed by atoms with Crippen molar-refractivity contribution in [3.05, 3.63) is 71.8 Å². The summed E-state index contributed by atoms with van der Waals surface area (Å²) >= 11 is 0. The van der Waals surface area contributed by atoms with Crippen molar-refractivity contribution in [3.63, 3.8) is 0 Å². The lowest BCUT2D eigenvalue weighted by atomic mass is 10.1. The van der Waals surface area contributed by atoms with Gasteiger partial charge in [-0.1, -0.05) is 54.6 Å². The third-order valence-electron chi connectivity index (χ3n) is 6.54. The molecule has 4 nitrogen and oxygen atoms in total. The van der Waals surface area contributed by atoms with Gasteiger partial charge in [0, 0.05) is 11.7 Å². The van der Waals surface area contributed by atoms with Gasteiger partial charge in [0.1, 0.15) is 26.2 Å². The molecule has 2 aromatic carbocycles. The van der Waals surface area contributed by atoms with Gasteiger partial charge in [0.2, 0.25) is 0 Å². The number of benzene rings is 2. The van der Waals surface area contributed by atoms with Crippen molar-refractivity contribution in [1.29, 1.82) is 0 Å². The molecule has 2 aliphatic heterocycles. The zero-order chi connectivity index (χ0) is 20.2. The minimum absolute atomic E-state index is 0.0185. The normalized spacial score (nSPS) is 25.2. The van der Waals surface area contributed by atoms with Crippen LogP contribution in [0.4, 0.5) is 5.69 Å². The molecule has 4 heteroatoms. The summed E-state index contributed by atoms with van der Waals surface area (Å²) < 4.78 is 0. The smallest absolute Gasteiger partial charge is 0.285 e. The lowest BCUT2D eigenvalue weighted by Crippen LogP contribution is -3.30. The van der Waals surface area contributed by atoms with E-state index in [1.54, 1.807) is 4.90 Å². The Hall–Kier alpha value is -2.43. The summed E-state index contributed by atoms with van der Waals surface area (Å²) in [6, 6.07) is 19.1. The predicted octanol–water partition coefficient (Wildman–Crippen LogP) is 0.850. The van der Waals surface area contributed by atoms with Crippen LogP contribution in [-0.4, -0.2) is 50.7 Å². The van der Waals surface area contributed by atoms with Crippen LogP contribution in [0.15, 0.2) is 60.7 Å². The summed E-state index contributed by atoms with van der Waals surface area (Å²) in [5.74, 6) is 0.282. The monoisotopic (exact) mass is 391 g/mol. The first-order chi connectivity index (χ1) is 14.1. The topological polar surface area (TPSA) is 29.2 Å². The molecule has 2 aliphatic rings. The van der Waals surface area contributed by atoms with Gasteiger partial charge >= 0.3 is 0 Å². The van der Waals surface area contributed by atoms with Crippen LogP contribution in [0.2, 0.25) is 0 Å². The van der Waals surface area contributed by atoms with Crippen LogP contribution in [0.3, 0.4) is 0 Å². The number of piperazine rings is 1. The molecule has 1 fully saturated rings. The quantitative estimate of drug-likeness (QED) is 0.778. The molecule has 2 N–H and O–H groups in total. The number of para-hydroxylation sites is 1. The molecule has 2 aromatic rings. The van der Waals surface area contributed by atoms with Gasteiger partial charge in [-0.15, -0.1) is 0 Å². The molecular weight excluding hydrogens is 358 g/mol. The molecule has 4 rings (SSSR count). The van der Waals surface area contributed by atoms with Crippen LogP contribution in [0.1, 0.15) is 25.0 Å². The van der Waals surface area contributed by atoms with E-state index in [9.17, 15) is 4.79 Å². The van der Waals surface area contributed by atoms with Gasteiger partial charge in [-0.05, 0) is 43.5 Å². The number of nitrogens with one attached hydrogen (secondary N) is 2. The van der Waals surface area contributed by atoms with Gasteiger partial charge in [-0.25, -0.2) is 0 Å². The lowest BCUT2D eigenvalue weighted by Gasteiger charge is -2.34. The largest absolute Gasteiger partial charge is 0.322 e. The van der Waals surface area contributed by atoms with Crippen LogP contribution in [0, 0.1) is 0 Å². The number of hydrogen-bond donors (Lipinski definition) is 2. The van der Waals surface area contributed by atoms with Gasteiger partial charge in [-0.2, -0.15) is 0 Å². The van der Waals surface area contributed by atoms with Crippen molar-refractivity contribution in [1.82, 2.24) is 0 Å². The Kier molecular flexibility index (Phi) is 6.12. The summed E-state index contributed by atoms with van der Waals surface area (Å²) in [5, 5.41) is 0. The molecule has 1 amide bonds. The Morgan fingerprint density at radius 3 is 2.52 bits per heavy atom. The molecule has 2 atom stereocenters. The van der Waals surface area contributed by atoms with Gasteiger partial charge < -0.3 is 14.7 Å². The number of fused-ring (bicyclic) bond motifs is 1. The SMILES string of the molecule is C[C@H]1Cc2ccccc2N1C(=O)[C@H](C)[NH+]1CC[NH+](C/C=C/c2ccccc2)CC1. The van der Waals surface area contributed by atoms with E-state index >= 15 is 0 Å². The zero-order valence-electron chi connectivity index (χ0n) is 17.6. The molecule has 0 aliphatic carbocycles. The van der Waals surface area contributed by atoms with Gasteiger partial charge in [0.15, 0.2) is 6.04 Å². The fourth-order valence-corrected chi connectivity index (χ4v) is 4.77. The highest BCUT2D eigenvalue weighted by Gasteiger charge is 2.38. The Morgan fingerprint density at radius 1 is 1.07 bits per heavy atom. The molecule has 0 spiro atoms. The first-order valence-corrected chi connectivity index (χ1v) is 10.9. The first kappa shape index (κ1) is 19.9. The van der Waals surface area contributed by atoms with Crippen molar-refractivity contribution in [2.24, 2.45) is 0 Å². The Morgan fingerprint density at radius 2 is 1.76 bits per heavy atom. The fourth-order valence-electron chi connectivity index (χ4n) is 4.77. The van der Waals surface area contributed by atoms with Crippen LogP contribution < -0.4 is 14.7 Å². The molecule has 1 saturated heterocycles. The third-order valence-corrected chi connectivity index (χ3v) is 6.54. The molecule has 0 unspecified atom stereocenters. The van der Waals surface area contributed by atoms with Gasteiger partial charge in [-0.3, -0.25) is 4.79 Å². The Labute approximate surface area is 174 Å². The molecule has 0 aromatic heterocycles. The minimum Gasteiger partial charge on any atom is -0.322 e. The molecule has 2 heterocycles. The highest BCUT2D eigenvalue weighted by atomic mass is 16.2. The predicted molar refractivity (Wildman–Crippen MR) is 118 cm³/mol. The second-order valence-electron chi connectivity index (χ2n) is 8.54. The molecule has 0 bridgehead atoms. The van der Waals surface area contributed by atoms with E-state index in [0.29, 0.717) is 0 Å². The summed E-state index contributed by atoms with van der Waals surface area (Å²) in [7, 11) is 0. The van der Waals surface area contributed by atoms with Crippen LogP contribution >= 0.6 is 0 Å². The van der Waals surface area contributed by atoms with E-state index in [4.69, 9.17) is 0 Å². The molecular formula is C25H33N3O+2. The second-order valence-corrected chi connectivity index (χ2v) is 8.54. The lowest BCUT2D eigenvalue weighted by molar-refractivity contribution is -1.02. The van der Waals surface area contributed by atoms with E-state index in [1.807, 2.05) is 6.07 Å².